The van der Waals surface area contributed by atoms with Crippen molar-refractivity contribution in [1.29, 1.82) is 0 Å². The van der Waals surface area contributed by atoms with E-state index >= 15 is 0 Å². The van der Waals surface area contributed by atoms with Gasteiger partial charge in [0.25, 0.3) is 10.0 Å². The zero-order chi connectivity index (χ0) is 19.5. The first-order chi connectivity index (χ1) is 12.0. The summed E-state index contributed by atoms with van der Waals surface area (Å²) >= 11 is 0. The number of rotatable bonds is 5. The molecule has 0 aromatic heterocycles. The second kappa shape index (κ2) is 7.24. The van der Waals surface area contributed by atoms with Crippen LogP contribution in [0.25, 0.3) is 0 Å². The monoisotopic (exact) mass is 388 g/mol. The molecule has 6 nitrogen and oxygen atoms in total. The molecule has 10 heteroatoms. The highest BCUT2D eigenvalue weighted by molar-refractivity contribution is 7.92. The van der Waals surface area contributed by atoms with E-state index < -0.39 is 21.8 Å². The van der Waals surface area contributed by atoms with Gasteiger partial charge in [0.05, 0.1) is 23.3 Å². The summed E-state index contributed by atoms with van der Waals surface area (Å²) in [6, 6.07) is 7.36. The first kappa shape index (κ1) is 19.6. The van der Waals surface area contributed by atoms with Crippen LogP contribution in [0, 0.1) is 0 Å². The fourth-order valence-electron chi connectivity index (χ4n) is 2.10. The first-order valence-electron chi connectivity index (χ1n) is 7.18. The maximum Gasteiger partial charge on any atom is 0.416 e. The van der Waals surface area contributed by atoms with Gasteiger partial charge in [-0.1, -0.05) is 0 Å². The zero-order valence-electron chi connectivity index (χ0n) is 13.7. The molecule has 0 aliphatic rings. The Bertz CT molecular complexity index is 910. The number of ether oxygens (including phenoxy) is 1. The molecule has 2 rings (SSSR count). The van der Waals surface area contributed by atoms with Crippen LogP contribution in [0.15, 0.2) is 47.4 Å². The summed E-state index contributed by atoms with van der Waals surface area (Å²) in [7, 11) is -2.84. The van der Waals surface area contributed by atoms with Gasteiger partial charge in [-0.2, -0.15) is 13.2 Å². The van der Waals surface area contributed by atoms with Crippen molar-refractivity contribution in [3.63, 3.8) is 0 Å². The summed E-state index contributed by atoms with van der Waals surface area (Å²) in [6.45, 7) is 1.29. The normalized spacial score (nSPS) is 11.7. The summed E-state index contributed by atoms with van der Waals surface area (Å²) in [6.07, 6.45) is -4.56. The molecule has 0 bridgehead atoms. The van der Waals surface area contributed by atoms with Crippen molar-refractivity contribution in [2.24, 2.45) is 0 Å². The fraction of sp³-hybridized carbons (Fsp3) is 0.188. The van der Waals surface area contributed by atoms with Crippen LogP contribution in [0.2, 0.25) is 0 Å². The summed E-state index contributed by atoms with van der Waals surface area (Å²) in [4.78, 5) is 10.8. The third-order valence-corrected chi connectivity index (χ3v) is 4.64. The van der Waals surface area contributed by atoms with E-state index in [0.29, 0.717) is 17.8 Å². The average Bonchev–Trinajstić information content (AvgIpc) is 2.53. The Balaban J connectivity index is 2.35. The number of hydrogen-bond donors (Lipinski definition) is 2. The molecule has 0 atom stereocenters. The van der Waals surface area contributed by atoms with Gasteiger partial charge in [-0.05, 0) is 42.5 Å². The fourth-order valence-corrected chi connectivity index (χ4v) is 3.16. The van der Waals surface area contributed by atoms with Crippen LogP contribution in [0.3, 0.4) is 0 Å². The van der Waals surface area contributed by atoms with Gasteiger partial charge in [0, 0.05) is 12.6 Å². The number of sulfonamides is 1. The van der Waals surface area contributed by atoms with Gasteiger partial charge in [0.15, 0.2) is 0 Å². The number of amides is 1. The first-order valence-corrected chi connectivity index (χ1v) is 8.67. The SMILES string of the molecule is COc1ccc(NC(C)=O)cc1NS(=O)(=O)c1ccc(C(F)(F)F)cc1. The molecular formula is C16H15F3N2O4S. The lowest BCUT2D eigenvalue weighted by atomic mass is 10.2. The van der Waals surface area contributed by atoms with Crippen molar-refractivity contribution < 1.29 is 31.1 Å². The molecular weight excluding hydrogens is 373 g/mol. The molecule has 1 amide bonds. The minimum atomic E-state index is -4.56. The van der Waals surface area contributed by atoms with Gasteiger partial charge in [-0.3, -0.25) is 9.52 Å². The minimum absolute atomic E-state index is 0.0265. The van der Waals surface area contributed by atoms with E-state index in [1.807, 2.05) is 0 Å². The quantitative estimate of drug-likeness (QED) is 0.821. The van der Waals surface area contributed by atoms with E-state index in [4.69, 9.17) is 4.74 Å². The van der Waals surface area contributed by atoms with Crippen LogP contribution >= 0.6 is 0 Å². The third-order valence-electron chi connectivity index (χ3n) is 3.26. The molecule has 2 aromatic rings. The van der Waals surface area contributed by atoms with Crippen LogP contribution in [-0.2, 0) is 21.0 Å². The largest absolute Gasteiger partial charge is 0.495 e. The van der Waals surface area contributed by atoms with Crippen LogP contribution < -0.4 is 14.8 Å². The lowest BCUT2D eigenvalue weighted by Gasteiger charge is -2.14. The number of halogens is 3. The number of carbonyl (C=O) groups excluding carboxylic acids is 1. The Labute approximate surface area is 148 Å². The summed E-state index contributed by atoms with van der Waals surface area (Å²) in [5, 5.41) is 2.49. The van der Waals surface area contributed by atoms with Gasteiger partial charge < -0.3 is 10.1 Å². The maximum absolute atomic E-state index is 12.6. The van der Waals surface area contributed by atoms with Crippen LogP contribution in [-0.4, -0.2) is 21.4 Å². The third kappa shape index (κ3) is 4.66. The van der Waals surface area contributed by atoms with Crippen molar-refractivity contribution in [2.75, 3.05) is 17.1 Å². The maximum atomic E-state index is 12.6. The van der Waals surface area contributed by atoms with Gasteiger partial charge in [-0.15, -0.1) is 0 Å². The predicted molar refractivity (Wildman–Crippen MR) is 89.6 cm³/mol. The van der Waals surface area contributed by atoms with Crippen molar-refractivity contribution in [1.82, 2.24) is 0 Å². The Morgan fingerprint density at radius 1 is 1.08 bits per heavy atom. The topological polar surface area (TPSA) is 84.5 Å². The second-order valence-electron chi connectivity index (χ2n) is 5.22. The highest BCUT2D eigenvalue weighted by Gasteiger charge is 2.30. The number of carbonyl (C=O) groups is 1. The highest BCUT2D eigenvalue weighted by atomic mass is 32.2. The summed E-state index contributed by atoms with van der Waals surface area (Å²) < 4.78 is 69.9. The molecule has 0 aliphatic heterocycles. The number of hydrogen-bond acceptors (Lipinski definition) is 4. The highest BCUT2D eigenvalue weighted by Crippen LogP contribution is 2.32. The average molecular weight is 388 g/mol. The van der Waals surface area contributed by atoms with Crippen LogP contribution in [0.5, 0.6) is 5.75 Å². The molecule has 0 heterocycles. The molecule has 0 aliphatic carbocycles. The van der Waals surface area contributed by atoms with Crippen molar-refractivity contribution in [3.8, 4) is 5.75 Å². The van der Waals surface area contributed by atoms with Crippen molar-refractivity contribution >= 4 is 27.3 Å². The molecule has 0 fully saturated rings. The van der Waals surface area contributed by atoms with E-state index in [1.165, 1.54) is 32.2 Å². The zero-order valence-corrected chi connectivity index (χ0v) is 14.5. The Hall–Kier alpha value is -2.75. The second-order valence-corrected chi connectivity index (χ2v) is 6.91. The number of benzene rings is 2. The Kier molecular flexibility index (Phi) is 5.45. The summed E-state index contributed by atoms with van der Waals surface area (Å²) in [5.74, 6) is -0.179. The van der Waals surface area contributed by atoms with Gasteiger partial charge in [-0.25, -0.2) is 8.42 Å². The molecule has 140 valence electrons. The Morgan fingerprint density at radius 2 is 1.69 bits per heavy atom. The smallest absolute Gasteiger partial charge is 0.416 e. The van der Waals surface area contributed by atoms with Gasteiger partial charge >= 0.3 is 6.18 Å². The molecule has 0 saturated carbocycles. The van der Waals surface area contributed by atoms with Crippen LogP contribution in [0.4, 0.5) is 24.5 Å². The number of anilines is 2. The van der Waals surface area contributed by atoms with E-state index in [-0.39, 0.29) is 22.2 Å². The van der Waals surface area contributed by atoms with Crippen molar-refractivity contribution in [2.45, 2.75) is 18.0 Å². The van der Waals surface area contributed by atoms with Gasteiger partial charge in [0.1, 0.15) is 5.75 Å². The molecule has 2 aromatic carbocycles. The molecule has 0 unspecified atom stereocenters. The molecule has 0 spiro atoms. The Morgan fingerprint density at radius 3 is 2.19 bits per heavy atom. The lowest BCUT2D eigenvalue weighted by Crippen LogP contribution is -2.15. The van der Waals surface area contributed by atoms with Crippen LogP contribution in [0.1, 0.15) is 12.5 Å². The van der Waals surface area contributed by atoms with E-state index in [2.05, 4.69) is 10.0 Å². The van der Waals surface area contributed by atoms with Gasteiger partial charge in [0.2, 0.25) is 5.91 Å². The van der Waals surface area contributed by atoms with E-state index in [0.717, 1.165) is 12.1 Å². The number of nitrogens with one attached hydrogen (secondary N) is 2. The lowest BCUT2D eigenvalue weighted by molar-refractivity contribution is -0.137. The van der Waals surface area contributed by atoms with E-state index in [1.54, 1.807) is 0 Å². The molecule has 0 radical (unpaired) electrons. The standard InChI is InChI=1S/C16H15F3N2O4S/c1-10(22)20-12-5-8-15(25-2)14(9-12)21-26(23,24)13-6-3-11(4-7-13)16(17,18)19/h3-9,21H,1-2H3,(H,20,22). The molecule has 0 saturated heterocycles. The minimum Gasteiger partial charge on any atom is -0.495 e. The molecule has 26 heavy (non-hydrogen) atoms. The number of methoxy groups -OCH3 is 1. The number of alkyl halides is 3. The molecule has 2 N–H and O–H groups in total. The van der Waals surface area contributed by atoms with Crippen molar-refractivity contribution in [3.05, 3.63) is 48.0 Å². The van der Waals surface area contributed by atoms with E-state index in [9.17, 15) is 26.4 Å². The summed E-state index contributed by atoms with van der Waals surface area (Å²) in [5.41, 5.74) is -0.608. The predicted octanol–water partition coefficient (Wildman–Crippen LogP) is 3.47.